The van der Waals surface area contributed by atoms with Crippen LogP contribution in [0.3, 0.4) is 0 Å². The topological polar surface area (TPSA) is 154 Å². The van der Waals surface area contributed by atoms with Crippen LogP contribution in [-0.2, 0) is 30.5 Å². The van der Waals surface area contributed by atoms with E-state index in [1.54, 1.807) is 0 Å². The van der Waals surface area contributed by atoms with Crippen molar-refractivity contribution in [2.45, 2.75) is 4.90 Å². The Morgan fingerprint density at radius 1 is 1.12 bits per heavy atom. The average molecular weight is 303 g/mol. The van der Waals surface area contributed by atoms with E-state index in [1.165, 1.54) is 12.1 Å². The summed E-state index contributed by atoms with van der Waals surface area (Å²) in [5.74, 6) is 0. The molecule has 0 saturated carbocycles. The van der Waals surface area contributed by atoms with Crippen LogP contribution in [0.25, 0.3) is 0 Å². The molecule has 0 atom stereocenters. The Morgan fingerprint density at radius 2 is 1.65 bits per heavy atom. The molecule has 0 fully saturated rings. The zero-order chi connectivity index (χ0) is 13.3. The molecule has 11 heteroatoms. The molecule has 1 aromatic carbocycles. The van der Waals surface area contributed by atoms with Gasteiger partial charge in [0.05, 0.1) is 0 Å². The van der Waals surface area contributed by atoms with Gasteiger partial charge in [0.2, 0.25) is 0 Å². The van der Waals surface area contributed by atoms with Crippen molar-refractivity contribution in [2.24, 2.45) is 9.21 Å². The molecule has 0 aromatic heterocycles. The fourth-order valence-electron chi connectivity index (χ4n) is 0.872. The summed E-state index contributed by atoms with van der Waals surface area (Å²) in [5, 5.41) is 2.85. The van der Waals surface area contributed by atoms with Crippen molar-refractivity contribution in [1.82, 2.24) is 0 Å². The molecule has 0 radical (unpaired) electrons. The number of rotatable bonds is 3. The number of benzene rings is 1. The summed E-state index contributed by atoms with van der Waals surface area (Å²) in [5.41, 5.74) is -0.548. The predicted molar refractivity (Wildman–Crippen MR) is 46.6 cm³/mol. The van der Waals surface area contributed by atoms with Crippen LogP contribution in [0.1, 0.15) is 0 Å². The van der Waals surface area contributed by atoms with Gasteiger partial charge in [0.15, 0.2) is 0 Å². The van der Waals surface area contributed by atoms with Crippen LogP contribution in [0.4, 0.5) is 5.69 Å². The third-order valence-electron chi connectivity index (χ3n) is 1.43. The van der Waals surface area contributed by atoms with E-state index < -0.39 is 33.5 Å². The van der Waals surface area contributed by atoms with E-state index in [0.29, 0.717) is 0 Å². The summed E-state index contributed by atoms with van der Waals surface area (Å²) < 4.78 is 70.4. The van der Waals surface area contributed by atoms with Gasteiger partial charge in [-0.25, -0.2) is 0 Å². The molecule has 95 valence electrons. The van der Waals surface area contributed by atoms with E-state index in [-0.39, 0.29) is 0 Å². The molecule has 0 amide bonds. The average Bonchev–Trinajstić information content (AvgIpc) is 2.11. The van der Waals surface area contributed by atoms with Gasteiger partial charge < -0.3 is 0 Å². The number of nitrogens with zero attached hydrogens (tertiary/aromatic N) is 2. The molecule has 1 aromatic rings. The minimum absolute atomic E-state index is 0.548. The van der Waals surface area contributed by atoms with Crippen molar-refractivity contribution in [3.05, 3.63) is 24.3 Å². The first-order valence-corrected chi connectivity index (χ1v) is 8.04. The second kappa shape index (κ2) is 3.91. The standard InChI is InChI=1S/C6H5N2O3S.Cr.2H2O.2O/c7-8-5-3-1-2-4-6(5)12(9,10)11;;;;;/h1-4H,(H,9,10,11);;2*1H2;;/q-1;+3;;;;/p-2. The van der Waals surface area contributed by atoms with Gasteiger partial charge in [-0.05, 0) is 0 Å². The van der Waals surface area contributed by atoms with Crippen LogP contribution >= 0.6 is 0 Å². The SMILES string of the molecule is O=S(=O)(O)c1ccccc1N=[N][Cr](=[O])(=[O])([OH])[OH]. The van der Waals surface area contributed by atoms with Gasteiger partial charge in [0.1, 0.15) is 0 Å². The Hall–Kier alpha value is -1.22. The fourth-order valence-corrected chi connectivity index (χ4v) is 1.85. The van der Waals surface area contributed by atoms with Gasteiger partial charge >= 0.3 is 95.8 Å². The molecule has 0 bridgehead atoms. The minimum atomic E-state index is -7.09. The maximum atomic E-state index is 10.8. The molecule has 0 spiro atoms. The Bertz CT molecular complexity index is 692. The molecule has 3 N–H and O–H groups in total. The molecule has 0 heterocycles. The monoisotopic (exact) mass is 303 g/mol. The van der Waals surface area contributed by atoms with E-state index >= 15 is 0 Å². The van der Waals surface area contributed by atoms with E-state index in [1.807, 2.05) is 0 Å². The van der Waals surface area contributed by atoms with Gasteiger partial charge in [-0.3, -0.25) is 0 Å². The van der Waals surface area contributed by atoms with Crippen LogP contribution in [0, 0.1) is 0 Å². The number of hydrogen-bond donors (Lipinski definition) is 3. The van der Waals surface area contributed by atoms with Gasteiger partial charge in [-0.1, -0.05) is 0 Å². The van der Waals surface area contributed by atoms with E-state index in [2.05, 4.69) is 9.21 Å². The molecule has 17 heavy (non-hydrogen) atoms. The molecule has 0 saturated heterocycles. The van der Waals surface area contributed by atoms with E-state index in [4.69, 9.17) is 12.9 Å². The van der Waals surface area contributed by atoms with Crippen molar-refractivity contribution in [1.29, 1.82) is 0 Å². The van der Waals surface area contributed by atoms with Crippen molar-refractivity contribution in [2.75, 3.05) is 0 Å². The first-order valence-electron chi connectivity index (χ1n) is 3.85. The second-order valence-electron chi connectivity index (χ2n) is 2.88. The molecule has 9 nitrogen and oxygen atoms in total. The summed E-state index contributed by atoms with van der Waals surface area (Å²) >= 11 is -7.09. The quantitative estimate of drug-likeness (QED) is 0.529. The zero-order valence-corrected chi connectivity index (χ0v) is 10.1. The van der Waals surface area contributed by atoms with Crippen LogP contribution in [-0.4, -0.2) is 21.3 Å². The molecular weight excluding hydrogens is 296 g/mol. The van der Waals surface area contributed by atoms with Gasteiger partial charge in [0.25, 0.3) is 0 Å². The van der Waals surface area contributed by atoms with Crippen LogP contribution in [0.5, 0.6) is 0 Å². The zero-order valence-electron chi connectivity index (χ0n) is 7.99. The molecule has 0 aliphatic rings. The first kappa shape index (κ1) is 13.8. The van der Waals surface area contributed by atoms with Crippen molar-refractivity contribution < 1.29 is 41.7 Å². The molecule has 0 aliphatic heterocycles. The van der Waals surface area contributed by atoms with Gasteiger partial charge in [-0.2, -0.15) is 0 Å². The second-order valence-corrected chi connectivity index (χ2v) is 6.90. The predicted octanol–water partition coefficient (Wildman–Crippen LogP) is 0.127. The Morgan fingerprint density at radius 3 is 2.12 bits per heavy atom. The fraction of sp³-hybridized carbons (Fsp3) is 0. The summed E-state index contributed by atoms with van der Waals surface area (Å²) in [6, 6.07) is 4.48. The summed E-state index contributed by atoms with van der Waals surface area (Å²) in [6.45, 7) is 0. The Labute approximate surface area is 96.1 Å². The third-order valence-corrected chi connectivity index (χ3v) is 2.90. The Kier molecular flexibility index (Phi) is 3.19. The molecule has 0 aliphatic carbocycles. The molecule has 1 rings (SSSR count). The summed E-state index contributed by atoms with van der Waals surface area (Å²) in [7, 11) is -4.62. The maximum absolute atomic E-state index is 10.8. The third kappa shape index (κ3) is 4.65. The van der Waals surface area contributed by atoms with Crippen LogP contribution in [0.2, 0.25) is 0 Å². The van der Waals surface area contributed by atoms with Crippen molar-refractivity contribution in [3.8, 4) is 0 Å². The molecular formula is C6H7CrN2O7S. The van der Waals surface area contributed by atoms with E-state index in [0.717, 1.165) is 12.1 Å². The van der Waals surface area contributed by atoms with Crippen molar-refractivity contribution >= 4 is 15.8 Å². The first-order chi connectivity index (χ1) is 7.45. The summed E-state index contributed by atoms with van der Waals surface area (Å²) in [4.78, 5) is -0.713. The van der Waals surface area contributed by atoms with E-state index in [9.17, 15) is 16.0 Å². The summed E-state index contributed by atoms with van der Waals surface area (Å²) in [6.07, 6.45) is 0. The van der Waals surface area contributed by atoms with Gasteiger partial charge in [0, 0.05) is 0 Å². The van der Waals surface area contributed by atoms with Gasteiger partial charge in [-0.15, -0.1) is 0 Å². The Balaban J connectivity index is 3.37. The van der Waals surface area contributed by atoms with Crippen LogP contribution in [0.15, 0.2) is 38.4 Å². The van der Waals surface area contributed by atoms with Crippen molar-refractivity contribution in [3.63, 3.8) is 0 Å². The number of hydrogen-bond acceptors (Lipinski definition) is 5. The molecule has 0 unspecified atom stereocenters. The normalized spacial score (nSPS) is 15.6. The van der Waals surface area contributed by atoms with Crippen LogP contribution < -0.4 is 0 Å².